The number of anilines is 1. The molecule has 0 saturated heterocycles. The first-order valence-electron chi connectivity index (χ1n) is 7.88. The highest BCUT2D eigenvalue weighted by Gasteiger charge is 1.99. The lowest BCUT2D eigenvalue weighted by atomic mass is 10.0. The van der Waals surface area contributed by atoms with Crippen molar-refractivity contribution in [1.82, 2.24) is 0 Å². The van der Waals surface area contributed by atoms with E-state index in [0.29, 0.717) is 13.0 Å². The summed E-state index contributed by atoms with van der Waals surface area (Å²) in [6.07, 6.45) is 1.55. The maximum atomic E-state index is 10.4. The Bertz CT molecular complexity index is 765. The summed E-state index contributed by atoms with van der Waals surface area (Å²) in [5.41, 5.74) is 4.41. The third kappa shape index (κ3) is 4.46. The number of para-hydroxylation sites is 1. The molecule has 0 saturated carbocycles. The van der Waals surface area contributed by atoms with Crippen LogP contribution in [0.15, 0.2) is 78.9 Å². The number of ether oxygens (including phenoxy) is 1. The van der Waals surface area contributed by atoms with Crippen LogP contribution in [0, 0.1) is 0 Å². The van der Waals surface area contributed by atoms with Crippen molar-refractivity contribution >= 4 is 12.1 Å². The summed E-state index contributed by atoms with van der Waals surface area (Å²) >= 11 is 0. The van der Waals surface area contributed by atoms with Gasteiger partial charge in [-0.1, -0.05) is 54.6 Å². The molecule has 0 aliphatic heterocycles. The summed E-state index contributed by atoms with van der Waals surface area (Å²) in [5, 5.41) is 2.64. The zero-order valence-corrected chi connectivity index (χ0v) is 13.3. The number of amides is 1. The number of carbonyl (C=O) groups excluding carboxylic acids is 1. The summed E-state index contributed by atoms with van der Waals surface area (Å²) in [4.78, 5) is 10.4. The Morgan fingerprint density at radius 3 is 1.96 bits per heavy atom. The molecule has 3 nitrogen and oxygen atoms in total. The summed E-state index contributed by atoms with van der Waals surface area (Å²) in [6, 6.07) is 26.1. The van der Waals surface area contributed by atoms with E-state index in [1.165, 1.54) is 11.1 Å². The van der Waals surface area contributed by atoms with E-state index in [0.717, 1.165) is 23.4 Å². The van der Waals surface area contributed by atoms with Gasteiger partial charge in [0.15, 0.2) is 0 Å². The van der Waals surface area contributed by atoms with Crippen molar-refractivity contribution in [2.45, 2.75) is 13.0 Å². The van der Waals surface area contributed by atoms with E-state index < -0.39 is 0 Å². The Morgan fingerprint density at radius 1 is 0.750 bits per heavy atom. The number of benzene rings is 3. The number of hydrogen-bond acceptors (Lipinski definition) is 2. The van der Waals surface area contributed by atoms with Crippen molar-refractivity contribution in [2.24, 2.45) is 0 Å². The Morgan fingerprint density at radius 2 is 1.33 bits per heavy atom. The number of nitrogens with one attached hydrogen (secondary N) is 1. The molecular weight excluding hydrogens is 298 g/mol. The van der Waals surface area contributed by atoms with Crippen LogP contribution in [0.4, 0.5) is 5.69 Å². The lowest BCUT2D eigenvalue weighted by Gasteiger charge is -2.08. The smallest absolute Gasteiger partial charge is 0.211 e. The summed E-state index contributed by atoms with van der Waals surface area (Å²) in [7, 11) is 0. The van der Waals surface area contributed by atoms with Crippen molar-refractivity contribution in [3.8, 4) is 5.75 Å². The molecule has 3 aromatic carbocycles. The minimum atomic E-state index is 0.566. The van der Waals surface area contributed by atoms with Gasteiger partial charge in [-0.3, -0.25) is 4.79 Å². The number of rotatable bonds is 7. The fourth-order valence-corrected chi connectivity index (χ4v) is 2.46. The molecule has 0 aliphatic rings. The van der Waals surface area contributed by atoms with E-state index in [1.807, 2.05) is 54.6 Å². The normalized spacial score (nSPS) is 10.2. The Labute approximate surface area is 141 Å². The topological polar surface area (TPSA) is 38.3 Å². The highest BCUT2D eigenvalue weighted by atomic mass is 16.5. The molecule has 0 aliphatic carbocycles. The summed E-state index contributed by atoms with van der Waals surface area (Å²) in [6.45, 7) is 0.566. The van der Waals surface area contributed by atoms with Gasteiger partial charge in [0, 0.05) is 5.69 Å². The Balaban J connectivity index is 1.57. The third-order valence-electron chi connectivity index (χ3n) is 3.76. The monoisotopic (exact) mass is 317 g/mol. The van der Waals surface area contributed by atoms with Crippen molar-refractivity contribution in [3.05, 3.63) is 95.6 Å². The van der Waals surface area contributed by atoms with Gasteiger partial charge >= 0.3 is 0 Å². The molecule has 1 amide bonds. The lowest BCUT2D eigenvalue weighted by Crippen LogP contribution is -1.96. The van der Waals surface area contributed by atoms with Crippen LogP contribution in [0.25, 0.3) is 0 Å². The molecule has 3 rings (SSSR count). The average molecular weight is 317 g/mol. The molecule has 0 radical (unpaired) electrons. The van der Waals surface area contributed by atoms with Crippen LogP contribution in [0.5, 0.6) is 5.75 Å². The van der Waals surface area contributed by atoms with E-state index in [2.05, 4.69) is 29.6 Å². The molecule has 24 heavy (non-hydrogen) atoms. The minimum absolute atomic E-state index is 0.566. The highest BCUT2D eigenvalue weighted by molar-refractivity contribution is 5.71. The maximum absolute atomic E-state index is 10.4. The molecule has 0 atom stereocenters. The maximum Gasteiger partial charge on any atom is 0.211 e. The quantitative estimate of drug-likeness (QED) is 0.655. The van der Waals surface area contributed by atoms with Crippen LogP contribution in [0.1, 0.15) is 16.7 Å². The van der Waals surface area contributed by atoms with Crippen LogP contribution >= 0.6 is 0 Å². The van der Waals surface area contributed by atoms with E-state index in [1.54, 1.807) is 0 Å². The fraction of sp³-hybridized carbons (Fsp3) is 0.0952. The molecule has 0 unspecified atom stereocenters. The van der Waals surface area contributed by atoms with E-state index in [9.17, 15) is 4.79 Å². The molecule has 0 heterocycles. The van der Waals surface area contributed by atoms with Crippen molar-refractivity contribution in [1.29, 1.82) is 0 Å². The van der Waals surface area contributed by atoms with Gasteiger partial charge in [-0.05, 0) is 47.4 Å². The summed E-state index contributed by atoms with van der Waals surface area (Å²) < 4.78 is 5.75. The Kier molecular flexibility index (Phi) is 5.25. The molecule has 3 aromatic rings. The second-order valence-electron chi connectivity index (χ2n) is 5.55. The van der Waals surface area contributed by atoms with Gasteiger partial charge in [0.05, 0.1) is 0 Å². The molecule has 1 N–H and O–H groups in total. The predicted octanol–water partition coefficient (Wildman–Crippen LogP) is 4.42. The number of hydrogen-bond donors (Lipinski definition) is 1. The van der Waals surface area contributed by atoms with Crippen molar-refractivity contribution in [3.63, 3.8) is 0 Å². The van der Waals surface area contributed by atoms with Crippen LogP contribution in [0.3, 0.4) is 0 Å². The summed E-state index contributed by atoms with van der Waals surface area (Å²) in [5.74, 6) is 0.880. The molecule has 0 fully saturated rings. The fourth-order valence-electron chi connectivity index (χ4n) is 2.46. The standard InChI is InChI=1S/C21H19NO2/c23-16-22-20-12-10-18(11-13-20)14-17-6-8-19(9-7-17)15-24-21-4-2-1-3-5-21/h1-13,16H,14-15H2,(H,22,23). The average Bonchev–Trinajstić information content (AvgIpc) is 2.64. The van der Waals surface area contributed by atoms with Crippen LogP contribution in [-0.4, -0.2) is 6.41 Å². The van der Waals surface area contributed by atoms with E-state index >= 15 is 0 Å². The van der Waals surface area contributed by atoms with Gasteiger partial charge in [-0.25, -0.2) is 0 Å². The van der Waals surface area contributed by atoms with Crippen molar-refractivity contribution in [2.75, 3.05) is 5.32 Å². The van der Waals surface area contributed by atoms with E-state index in [-0.39, 0.29) is 0 Å². The molecule has 0 bridgehead atoms. The predicted molar refractivity (Wildman–Crippen MR) is 96.2 cm³/mol. The van der Waals surface area contributed by atoms with Gasteiger partial charge in [-0.2, -0.15) is 0 Å². The Hall–Kier alpha value is -3.07. The van der Waals surface area contributed by atoms with Gasteiger partial charge in [0.25, 0.3) is 0 Å². The molecular formula is C21H19NO2. The molecule has 0 spiro atoms. The molecule has 3 heteroatoms. The largest absolute Gasteiger partial charge is 0.489 e. The minimum Gasteiger partial charge on any atom is -0.489 e. The van der Waals surface area contributed by atoms with E-state index in [4.69, 9.17) is 4.74 Å². The van der Waals surface area contributed by atoms with Crippen LogP contribution < -0.4 is 10.1 Å². The first-order chi connectivity index (χ1) is 11.8. The second-order valence-corrected chi connectivity index (χ2v) is 5.55. The van der Waals surface area contributed by atoms with Crippen LogP contribution in [-0.2, 0) is 17.8 Å². The SMILES string of the molecule is O=CNc1ccc(Cc2ccc(COc3ccccc3)cc2)cc1. The van der Waals surface area contributed by atoms with Gasteiger partial charge in [0.2, 0.25) is 6.41 Å². The van der Waals surface area contributed by atoms with Crippen molar-refractivity contribution < 1.29 is 9.53 Å². The third-order valence-corrected chi connectivity index (χ3v) is 3.76. The number of carbonyl (C=O) groups is 1. The molecule has 120 valence electrons. The van der Waals surface area contributed by atoms with Gasteiger partial charge in [0.1, 0.15) is 12.4 Å². The second kappa shape index (κ2) is 7.97. The molecule has 0 aromatic heterocycles. The van der Waals surface area contributed by atoms with Crippen LogP contribution in [0.2, 0.25) is 0 Å². The highest BCUT2D eigenvalue weighted by Crippen LogP contribution is 2.15. The van der Waals surface area contributed by atoms with Gasteiger partial charge < -0.3 is 10.1 Å². The first-order valence-corrected chi connectivity index (χ1v) is 7.88. The first kappa shape index (κ1) is 15.8. The lowest BCUT2D eigenvalue weighted by molar-refractivity contribution is -0.105. The zero-order valence-electron chi connectivity index (χ0n) is 13.3. The zero-order chi connectivity index (χ0) is 16.6. The van der Waals surface area contributed by atoms with Gasteiger partial charge in [-0.15, -0.1) is 0 Å².